The molecule has 1 saturated carbocycles. The Kier molecular flexibility index (Phi) is 3.23. The van der Waals surface area contributed by atoms with Gasteiger partial charge in [0.1, 0.15) is 11.6 Å². The van der Waals surface area contributed by atoms with E-state index in [0.29, 0.717) is 5.02 Å². The van der Waals surface area contributed by atoms with Crippen LogP contribution in [-0.2, 0) is 0 Å². The summed E-state index contributed by atoms with van der Waals surface area (Å²) < 4.78 is 0. The van der Waals surface area contributed by atoms with E-state index in [9.17, 15) is 5.11 Å². The van der Waals surface area contributed by atoms with Crippen molar-refractivity contribution in [3.8, 4) is 0 Å². The predicted molar refractivity (Wildman–Crippen MR) is 75.8 cm³/mol. The van der Waals surface area contributed by atoms with Crippen LogP contribution in [0, 0.1) is 0 Å². The summed E-state index contributed by atoms with van der Waals surface area (Å²) in [5.74, 6) is 0. The van der Waals surface area contributed by atoms with E-state index in [4.69, 9.17) is 23.2 Å². The molecule has 1 heterocycles. The first-order valence-corrected chi connectivity index (χ1v) is 7.09. The molecule has 1 aromatic carbocycles. The molecule has 2 unspecified atom stereocenters. The number of hydrogen-bond donors (Lipinski definition) is 1. The summed E-state index contributed by atoms with van der Waals surface area (Å²) >= 11 is 12.7. The van der Waals surface area contributed by atoms with Crippen LogP contribution < -0.4 is 0 Å². The molecule has 1 aliphatic rings. The molecule has 3 rings (SSSR count). The molecule has 0 spiro atoms. The number of aliphatic hydroxyl groups is 1. The van der Waals surface area contributed by atoms with E-state index in [-0.39, 0.29) is 0 Å². The smallest absolute Gasteiger partial charge is 0.162 e. The molecule has 106 valence electrons. The third-order valence-electron chi connectivity index (χ3n) is 3.92. The Bertz CT molecular complexity index is 611. The fourth-order valence-electron chi connectivity index (χ4n) is 2.50. The van der Waals surface area contributed by atoms with Crippen molar-refractivity contribution in [2.24, 2.45) is 0 Å². The summed E-state index contributed by atoms with van der Waals surface area (Å²) in [5.41, 5.74) is -0.510. The highest BCUT2D eigenvalue weighted by Gasteiger charge is 2.60. The fraction of sp³-hybridized carbons (Fsp3) is 0.462. The molecule has 1 N–H and O–H groups in total. The van der Waals surface area contributed by atoms with Gasteiger partial charge >= 0.3 is 0 Å². The van der Waals surface area contributed by atoms with E-state index >= 15 is 0 Å². The van der Waals surface area contributed by atoms with Crippen LogP contribution in [0.4, 0.5) is 0 Å². The molecule has 1 aromatic heterocycles. The van der Waals surface area contributed by atoms with Gasteiger partial charge in [-0.2, -0.15) is 4.80 Å². The van der Waals surface area contributed by atoms with Crippen LogP contribution >= 0.6 is 23.2 Å². The SMILES string of the molecule is CC(O)(C(c1ccccc1Cl)n1ncnn1)C1(Cl)CC1. The second-order valence-electron chi connectivity index (χ2n) is 5.29. The van der Waals surface area contributed by atoms with Crippen LogP contribution in [0.2, 0.25) is 5.02 Å². The second-order valence-corrected chi connectivity index (χ2v) is 6.42. The van der Waals surface area contributed by atoms with Gasteiger partial charge in [-0.05, 0) is 31.0 Å². The monoisotopic (exact) mass is 312 g/mol. The largest absolute Gasteiger partial charge is 0.386 e. The number of nitrogens with zero attached hydrogens (tertiary/aromatic N) is 4. The molecular formula is C13H14Cl2N4O. The summed E-state index contributed by atoms with van der Waals surface area (Å²) in [6.07, 6.45) is 2.82. The van der Waals surface area contributed by atoms with Gasteiger partial charge in [-0.1, -0.05) is 29.8 Å². The molecule has 2 atom stereocenters. The van der Waals surface area contributed by atoms with Crippen LogP contribution in [-0.4, -0.2) is 35.8 Å². The Morgan fingerprint density at radius 1 is 1.40 bits per heavy atom. The molecule has 0 bridgehead atoms. The van der Waals surface area contributed by atoms with Crippen LogP contribution in [0.5, 0.6) is 0 Å². The zero-order valence-corrected chi connectivity index (χ0v) is 12.4. The Morgan fingerprint density at radius 2 is 2.10 bits per heavy atom. The highest BCUT2D eigenvalue weighted by Crippen LogP contribution is 2.56. The molecule has 0 saturated heterocycles. The van der Waals surface area contributed by atoms with Gasteiger partial charge in [0.2, 0.25) is 0 Å². The summed E-state index contributed by atoms with van der Waals surface area (Å²) in [5, 5.41) is 23.2. The second kappa shape index (κ2) is 4.69. The molecule has 2 aromatic rings. The summed E-state index contributed by atoms with van der Waals surface area (Å²) in [7, 11) is 0. The summed E-state index contributed by atoms with van der Waals surface area (Å²) in [4.78, 5) is 0.689. The number of halogens is 2. The van der Waals surface area contributed by atoms with Gasteiger partial charge in [0.25, 0.3) is 0 Å². The zero-order valence-electron chi connectivity index (χ0n) is 10.9. The molecular weight excluding hydrogens is 299 g/mol. The van der Waals surface area contributed by atoms with Crippen molar-refractivity contribution in [1.82, 2.24) is 20.2 Å². The number of alkyl halides is 1. The molecule has 1 aliphatic carbocycles. The third kappa shape index (κ3) is 2.10. The predicted octanol–water partition coefficient (Wildman–Crippen LogP) is 2.44. The van der Waals surface area contributed by atoms with E-state index in [2.05, 4.69) is 15.4 Å². The van der Waals surface area contributed by atoms with Crippen molar-refractivity contribution in [3.05, 3.63) is 41.2 Å². The van der Waals surface area contributed by atoms with Gasteiger partial charge in [0.05, 0.1) is 4.87 Å². The molecule has 0 amide bonds. The highest BCUT2D eigenvalue weighted by atomic mass is 35.5. The molecule has 7 heteroatoms. The van der Waals surface area contributed by atoms with Crippen molar-refractivity contribution in [2.75, 3.05) is 0 Å². The van der Waals surface area contributed by atoms with E-state index in [0.717, 1.165) is 18.4 Å². The maximum atomic E-state index is 11.0. The lowest BCUT2D eigenvalue weighted by molar-refractivity contribution is -0.000782. The minimum absolute atomic E-state index is 0.538. The fourth-order valence-corrected chi connectivity index (χ4v) is 2.94. The van der Waals surface area contributed by atoms with Crippen molar-refractivity contribution < 1.29 is 5.11 Å². The third-order valence-corrected chi connectivity index (χ3v) is 5.03. The van der Waals surface area contributed by atoms with E-state index in [1.807, 2.05) is 18.2 Å². The lowest BCUT2D eigenvalue weighted by Crippen LogP contribution is -2.47. The Morgan fingerprint density at radius 3 is 2.65 bits per heavy atom. The van der Waals surface area contributed by atoms with Gasteiger partial charge in [-0.25, -0.2) is 0 Å². The van der Waals surface area contributed by atoms with Gasteiger partial charge in [-0.15, -0.1) is 21.8 Å². The molecule has 20 heavy (non-hydrogen) atoms. The molecule has 5 nitrogen and oxygen atoms in total. The van der Waals surface area contributed by atoms with Crippen molar-refractivity contribution in [1.29, 1.82) is 0 Å². The molecule has 1 fully saturated rings. The number of rotatable bonds is 4. The van der Waals surface area contributed by atoms with Crippen LogP contribution in [0.1, 0.15) is 31.4 Å². The van der Waals surface area contributed by atoms with E-state index in [1.165, 1.54) is 11.1 Å². The van der Waals surface area contributed by atoms with Gasteiger partial charge in [-0.3, -0.25) is 0 Å². The van der Waals surface area contributed by atoms with Crippen LogP contribution in [0.25, 0.3) is 0 Å². The average molecular weight is 313 g/mol. The topological polar surface area (TPSA) is 63.8 Å². The Balaban J connectivity index is 2.13. The van der Waals surface area contributed by atoms with Crippen molar-refractivity contribution in [2.45, 2.75) is 36.3 Å². The van der Waals surface area contributed by atoms with Crippen LogP contribution in [0.3, 0.4) is 0 Å². The average Bonchev–Trinajstić information content (AvgIpc) is 2.97. The first-order chi connectivity index (χ1) is 9.46. The number of benzene rings is 1. The van der Waals surface area contributed by atoms with Crippen LogP contribution in [0.15, 0.2) is 30.6 Å². The Hall–Kier alpha value is -1.17. The number of aromatic nitrogens is 4. The van der Waals surface area contributed by atoms with E-state index < -0.39 is 16.5 Å². The maximum Gasteiger partial charge on any atom is 0.162 e. The lowest BCUT2D eigenvalue weighted by Gasteiger charge is -2.36. The Labute approximate surface area is 126 Å². The van der Waals surface area contributed by atoms with Gasteiger partial charge < -0.3 is 5.11 Å². The van der Waals surface area contributed by atoms with E-state index in [1.54, 1.807) is 13.0 Å². The first-order valence-electron chi connectivity index (χ1n) is 6.34. The minimum atomic E-state index is -1.24. The normalized spacial score (nSPS) is 21.2. The quantitative estimate of drug-likeness (QED) is 0.881. The summed E-state index contributed by atoms with van der Waals surface area (Å²) in [6, 6.07) is 6.71. The standard InChI is InChI=1S/C13H14Cl2N4O/c1-12(20,13(15)6-7-13)11(19-17-8-16-18-19)9-4-2-3-5-10(9)14/h2-5,8,11,20H,6-7H2,1H3. The van der Waals surface area contributed by atoms with Crippen molar-refractivity contribution >= 4 is 23.2 Å². The zero-order chi connectivity index (χ0) is 14.4. The maximum absolute atomic E-state index is 11.0. The van der Waals surface area contributed by atoms with Gasteiger partial charge in [0, 0.05) is 10.6 Å². The minimum Gasteiger partial charge on any atom is -0.386 e. The number of tetrazole rings is 1. The van der Waals surface area contributed by atoms with Crippen molar-refractivity contribution in [3.63, 3.8) is 0 Å². The lowest BCUT2D eigenvalue weighted by atomic mass is 9.86. The molecule has 0 radical (unpaired) electrons. The van der Waals surface area contributed by atoms with Gasteiger partial charge in [0.15, 0.2) is 6.33 Å². The molecule has 0 aliphatic heterocycles. The summed E-state index contributed by atoms with van der Waals surface area (Å²) in [6.45, 7) is 1.70. The highest BCUT2D eigenvalue weighted by molar-refractivity contribution is 6.31. The number of hydrogen-bond acceptors (Lipinski definition) is 4. The first kappa shape index (κ1) is 13.8.